The van der Waals surface area contributed by atoms with Gasteiger partial charge in [-0.1, -0.05) is 38.1 Å². The van der Waals surface area contributed by atoms with Crippen LogP contribution in [0.4, 0.5) is 8.78 Å². The minimum atomic E-state index is -0.530. The number of ketones is 2. The molecule has 0 aliphatic heterocycles. The number of Topliss-reactive ketones (excluding diaryl/α,β-unsaturated/α-hetero) is 2. The lowest BCUT2D eigenvalue weighted by atomic mass is 10.0. The van der Waals surface area contributed by atoms with E-state index in [-0.39, 0.29) is 47.4 Å². The van der Waals surface area contributed by atoms with Gasteiger partial charge in [0.05, 0.1) is 13.1 Å². The molecule has 2 aromatic carbocycles. The van der Waals surface area contributed by atoms with E-state index in [1.165, 1.54) is 72.0 Å². The smallest absolute Gasteiger partial charge is 0.263 e. The molecule has 10 nitrogen and oxygen atoms in total. The summed E-state index contributed by atoms with van der Waals surface area (Å²) in [5.74, 6) is -0.0922. The molecule has 52 heavy (non-hydrogen) atoms. The van der Waals surface area contributed by atoms with E-state index < -0.39 is 22.9 Å². The van der Waals surface area contributed by atoms with Crippen molar-refractivity contribution in [1.29, 1.82) is 0 Å². The van der Waals surface area contributed by atoms with Gasteiger partial charge in [0, 0.05) is 50.5 Å². The molecule has 6 rings (SSSR count). The van der Waals surface area contributed by atoms with Crippen LogP contribution in [0.15, 0.2) is 82.6 Å². The predicted octanol–water partition coefficient (Wildman–Crippen LogP) is 5.25. The molecule has 12 heteroatoms. The minimum absolute atomic E-state index is 0.0655. The van der Waals surface area contributed by atoms with Gasteiger partial charge in [0.25, 0.3) is 22.9 Å². The molecule has 2 fully saturated rings. The fourth-order valence-corrected chi connectivity index (χ4v) is 6.06. The van der Waals surface area contributed by atoms with Gasteiger partial charge in [-0.25, -0.2) is 8.78 Å². The van der Waals surface area contributed by atoms with Crippen molar-refractivity contribution in [1.82, 2.24) is 19.8 Å². The zero-order valence-corrected chi connectivity index (χ0v) is 29.6. The first-order valence-corrected chi connectivity index (χ1v) is 17.3. The van der Waals surface area contributed by atoms with Crippen molar-refractivity contribution in [3.8, 4) is 0 Å². The Morgan fingerprint density at radius 2 is 0.962 bits per heavy atom. The van der Waals surface area contributed by atoms with Gasteiger partial charge in [-0.3, -0.25) is 28.8 Å². The van der Waals surface area contributed by atoms with E-state index in [2.05, 4.69) is 24.5 Å². The Kier molecular flexibility index (Phi) is 11.8. The number of benzene rings is 2. The average molecular weight is 713 g/mol. The summed E-state index contributed by atoms with van der Waals surface area (Å²) in [7, 11) is 2.87. The number of amides is 2. The Hall–Kier alpha value is -5.52. The maximum atomic E-state index is 13.1. The molecular formula is C40H42F2N4O6. The van der Waals surface area contributed by atoms with Gasteiger partial charge in [-0.05, 0) is 84.0 Å². The number of pyridine rings is 2. The van der Waals surface area contributed by atoms with E-state index in [9.17, 15) is 37.5 Å². The highest BCUT2D eigenvalue weighted by atomic mass is 19.1. The van der Waals surface area contributed by atoms with Gasteiger partial charge >= 0.3 is 0 Å². The lowest BCUT2D eigenvalue weighted by molar-refractivity contribution is 0.0948. The van der Waals surface area contributed by atoms with Crippen LogP contribution in [0.2, 0.25) is 0 Å². The first-order valence-electron chi connectivity index (χ1n) is 17.3. The molecule has 2 aliphatic carbocycles. The Morgan fingerprint density at radius 3 is 1.25 bits per heavy atom. The third kappa shape index (κ3) is 9.42. The van der Waals surface area contributed by atoms with Crippen LogP contribution in [0.3, 0.4) is 0 Å². The van der Waals surface area contributed by atoms with Crippen molar-refractivity contribution >= 4 is 23.4 Å². The summed E-state index contributed by atoms with van der Waals surface area (Å²) in [6.07, 6.45) is 5.89. The number of hydrogen-bond acceptors (Lipinski definition) is 6. The van der Waals surface area contributed by atoms with Crippen LogP contribution in [0.25, 0.3) is 0 Å². The Labute approximate surface area is 299 Å². The molecular weight excluding hydrogens is 670 g/mol. The SMILES string of the molecule is CNC(=O)c1cc(C(=O)C[C@@H]2C[C@H]2C)cn(Cc2ccc(F)cc2)c1=O.CNC(=O)c1cc(C(=O)C[C@H]2C[C@@H]2C)cn(Cc2ccc(F)cc2)c1=O. The van der Waals surface area contributed by atoms with Crippen LogP contribution < -0.4 is 21.8 Å². The average Bonchev–Trinajstić information content (AvgIpc) is 4.04. The van der Waals surface area contributed by atoms with Crippen LogP contribution in [0.5, 0.6) is 0 Å². The number of aromatic nitrogens is 2. The van der Waals surface area contributed by atoms with Gasteiger partial charge < -0.3 is 19.8 Å². The highest BCUT2D eigenvalue weighted by molar-refractivity contribution is 6.01. The van der Waals surface area contributed by atoms with E-state index in [0.29, 0.717) is 58.8 Å². The third-order valence-corrected chi connectivity index (χ3v) is 9.74. The Morgan fingerprint density at radius 1 is 0.635 bits per heavy atom. The first kappa shape index (κ1) is 37.7. The summed E-state index contributed by atoms with van der Waals surface area (Å²) in [4.78, 5) is 74.5. The summed E-state index contributed by atoms with van der Waals surface area (Å²) in [6.45, 7) is 4.51. The van der Waals surface area contributed by atoms with E-state index >= 15 is 0 Å². The van der Waals surface area contributed by atoms with Crippen LogP contribution in [0, 0.1) is 35.3 Å². The zero-order valence-electron chi connectivity index (χ0n) is 29.6. The maximum Gasteiger partial charge on any atom is 0.263 e. The fourth-order valence-electron chi connectivity index (χ4n) is 6.06. The molecule has 0 bridgehead atoms. The van der Waals surface area contributed by atoms with E-state index in [1.54, 1.807) is 24.3 Å². The van der Waals surface area contributed by atoms with Crippen LogP contribution >= 0.6 is 0 Å². The second kappa shape index (κ2) is 16.2. The molecule has 0 unspecified atom stereocenters. The van der Waals surface area contributed by atoms with Gasteiger partial charge in [-0.2, -0.15) is 0 Å². The van der Waals surface area contributed by atoms with Crippen molar-refractivity contribution in [2.75, 3.05) is 14.1 Å². The standard InChI is InChI=1S/2C20H21FN2O3/c2*1-12-7-14(12)9-18(24)15-8-17(19(25)22-2)20(26)23(11-15)10-13-3-5-16(21)6-4-13/h2*3-6,8,11-12,14H,7,9-10H2,1-2H3,(H,22,25)/t2*12-,14+/m10/s1. The topological polar surface area (TPSA) is 136 Å². The van der Waals surface area contributed by atoms with Crippen molar-refractivity contribution in [2.45, 2.75) is 52.6 Å². The van der Waals surface area contributed by atoms with Gasteiger partial charge in [-0.15, -0.1) is 0 Å². The second-order valence-corrected chi connectivity index (χ2v) is 13.8. The number of hydrogen-bond donors (Lipinski definition) is 2. The maximum absolute atomic E-state index is 13.1. The minimum Gasteiger partial charge on any atom is -0.355 e. The molecule has 2 aliphatic rings. The van der Waals surface area contributed by atoms with E-state index in [4.69, 9.17) is 0 Å². The highest BCUT2D eigenvalue weighted by Crippen LogP contribution is 2.41. The fraction of sp³-hybridized carbons (Fsp3) is 0.350. The number of nitrogens with one attached hydrogen (secondary N) is 2. The summed E-state index contributed by atoms with van der Waals surface area (Å²) in [5, 5.41) is 4.87. The van der Waals surface area contributed by atoms with Crippen LogP contribution in [-0.4, -0.2) is 46.6 Å². The normalized spacial score (nSPS) is 18.4. The number of rotatable bonds is 12. The molecule has 4 aromatic rings. The highest BCUT2D eigenvalue weighted by Gasteiger charge is 2.35. The van der Waals surface area contributed by atoms with Crippen molar-refractivity contribution in [3.63, 3.8) is 0 Å². The molecule has 4 atom stereocenters. The molecule has 0 radical (unpaired) electrons. The molecule has 2 heterocycles. The monoisotopic (exact) mass is 712 g/mol. The molecule has 2 N–H and O–H groups in total. The molecule has 0 saturated heterocycles. The molecule has 2 aromatic heterocycles. The Bertz CT molecular complexity index is 1960. The number of nitrogens with zero attached hydrogens (tertiary/aromatic N) is 2. The molecule has 272 valence electrons. The lowest BCUT2D eigenvalue weighted by Gasteiger charge is -2.11. The van der Waals surface area contributed by atoms with Gasteiger partial charge in [0.15, 0.2) is 11.6 Å². The molecule has 2 amide bonds. The summed E-state index contributed by atoms with van der Waals surface area (Å²) >= 11 is 0. The quantitative estimate of drug-likeness (QED) is 0.193. The zero-order chi connectivity index (χ0) is 37.7. The second-order valence-electron chi connectivity index (χ2n) is 13.8. The first-order chi connectivity index (χ1) is 24.8. The summed E-state index contributed by atoms with van der Waals surface area (Å²) < 4.78 is 28.8. The van der Waals surface area contributed by atoms with Gasteiger partial charge in [0.2, 0.25) is 0 Å². The van der Waals surface area contributed by atoms with Crippen LogP contribution in [0.1, 0.15) is 92.1 Å². The van der Waals surface area contributed by atoms with E-state index in [1.807, 2.05) is 0 Å². The molecule has 0 spiro atoms. The number of halogens is 2. The number of carbonyl (C=O) groups is 4. The van der Waals surface area contributed by atoms with E-state index in [0.717, 1.165) is 12.8 Å². The molecule has 2 saturated carbocycles. The van der Waals surface area contributed by atoms with Crippen molar-refractivity contribution in [3.05, 3.63) is 139 Å². The summed E-state index contributed by atoms with van der Waals surface area (Å²) in [6, 6.07) is 14.3. The summed E-state index contributed by atoms with van der Waals surface area (Å²) in [5.41, 5.74) is 1.02. The van der Waals surface area contributed by atoms with Crippen molar-refractivity contribution < 1.29 is 28.0 Å². The lowest BCUT2D eigenvalue weighted by Crippen LogP contribution is -2.32. The third-order valence-electron chi connectivity index (χ3n) is 9.74. The Balaban J connectivity index is 0.000000201. The van der Waals surface area contributed by atoms with Gasteiger partial charge in [0.1, 0.15) is 22.8 Å². The largest absolute Gasteiger partial charge is 0.355 e. The van der Waals surface area contributed by atoms with Crippen molar-refractivity contribution in [2.24, 2.45) is 23.7 Å². The predicted molar refractivity (Wildman–Crippen MR) is 192 cm³/mol. The number of carbonyl (C=O) groups excluding carboxylic acids is 4. The van der Waals surface area contributed by atoms with Crippen LogP contribution in [-0.2, 0) is 13.1 Å².